The summed E-state index contributed by atoms with van der Waals surface area (Å²) in [5.74, 6) is 0.178. The lowest BCUT2D eigenvalue weighted by atomic mass is 10.1. The van der Waals surface area contributed by atoms with E-state index in [1.54, 1.807) is 0 Å². The largest absolute Gasteiger partial charge is 0.378 e. The van der Waals surface area contributed by atoms with Gasteiger partial charge in [-0.15, -0.1) is 12.4 Å². The molecule has 0 bridgehead atoms. The van der Waals surface area contributed by atoms with Gasteiger partial charge in [-0.2, -0.15) is 0 Å². The molecule has 0 spiro atoms. The van der Waals surface area contributed by atoms with E-state index in [2.05, 4.69) is 5.32 Å². The van der Waals surface area contributed by atoms with Gasteiger partial charge in [0, 0.05) is 30.7 Å². The Morgan fingerprint density at radius 2 is 1.84 bits per heavy atom. The molecule has 2 unspecified atom stereocenters. The SMILES string of the molecule is Cl.NC1CCC(C(=O)Nc2ccc(CC(=O)N3CCOCC3)cc2)C1. The van der Waals surface area contributed by atoms with Crippen LogP contribution in [-0.4, -0.2) is 49.1 Å². The van der Waals surface area contributed by atoms with Gasteiger partial charge in [-0.1, -0.05) is 12.1 Å². The lowest BCUT2D eigenvalue weighted by Crippen LogP contribution is -2.41. The number of carbonyl (C=O) groups is 2. The van der Waals surface area contributed by atoms with E-state index in [-0.39, 0.29) is 36.2 Å². The van der Waals surface area contributed by atoms with Crippen LogP contribution in [0.15, 0.2) is 24.3 Å². The summed E-state index contributed by atoms with van der Waals surface area (Å²) in [4.78, 5) is 26.2. The summed E-state index contributed by atoms with van der Waals surface area (Å²) in [5, 5.41) is 2.94. The zero-order valence-electron chi connectivity index (χ0n) is 14.3. The highest BCUT2D eigenvalue weighted by molar-refractivity contribution is 5.92. The Morgan fingerprint density at radius 3 is 2.44 bits per heavy atom. The number of nitrogens with one attached hydrogen (secondary N) is 1. The summed E-state index contributed by atoms with van der Waals surface area (Å²) in [6.07, 6.45) is 2.92. The predicted octanol–water partition coefficient (Wildman–Crippen LogP) is 1.58. The van der Waals surface area contributed by atoms with Crippen molar-refractivity contribution >= 4 is 29.9 Å². The quantitative estimate of drug-likeness (QED) is 0.846. The highest BCUT2D eigenvalue weighted by Crippen LogP contribution is 2.25. The third kappa shape index (κ3) is 5.42. The van der Waals surface area contributed by atoms with Crippen molar-refractivity contribution in [1.82, 2.24) is 4.90 Å². The van der Waals surface area contributed by atoms with Gasteiger partial charge in [-0.25, -0.2) is 0 Å². The molecule has 2 aliphatic rings. The molecule has 1 aromatic carbocycles. The molecule has 25 heavy (non-hydrogen) atoms. The number of nitrogens with zero attached hydrogens (tertiary/aromatic N) is 1. The van der Waals surface area contributed by atoms with Crippen molar-refractivity contribution in [1.29, 1.82) is 0 Å². The van der Waals surface area contributed by atoms with Crippen LogP contribution in [-0.2, 0) is 20.7 Å². The van der Waals surface area contributed by atoms with Crippen LogP contribution in [0.1, 0.15) is 24.8 Å². The molecule has 1 saturated heterocycles. The number of halogens is 1. The van der Waals surface area contributed by atoms with E-state index in [4.69, 9.17) is 10.5 Å². The molecule has 6 nitrogen and oxygen atoms in total. The number of rotatable bonds is 4. The third-order valence-corrected chi connectivity index (χ3v) is 4.78. The molecule has 2 fully saturated rings. The second-order valence-corrected chi connectivity index (χ2v) is 6.63. The molecule has 7 heteroatoms. The number of hydrogen-bond acceptors (Lipinski definition) is 4. The van der Waals surface area contributed by atoms with Crippen LogP contribution in [0.25, 0.3) is 0 Å². The average molecular weight is 368 g/mol. The molecule has 3 N–H and O–H groups in total. The minimum atomic E-state index is 0. The van der Waals surface area contributed by atoms with Crippen molar-refractivity contribution < 1.29 is 14.3 Å². The number of nitrogens with two attached hydrogens (primary N) is 1. The normalized spacial score (nSPS) is 23.0. The lowest BCUT2D eigenvalue weighted by Gasteiger charge is -2.26. The monoisotopic (exact) mass is 367 g/mol. The first-order valence-corrected chi connectivity index (χ1v) is 8.63. The Balaban J connectivity index is 0.00000225. The van der Waals surface area contributed by atoms with E-state index in [0.717, 1.165) is 30.5 Å². The molecule has 1 aliphatic carbocycles. The van der Waals surface area contributed by atoms with Gasteiger partial charge in [0.25, 0.3) is 0 Å². The molecule has 2 amide bonds. The summed E-state index contributed by atoms with van der Waals surface area (Å²) in [7, 11) is 0. The van der Waals surface area contributed by atoms with E-state index in [1.807, 2.05) is 29.2 Å². The molecular formula is C18H26ClN3O3. The van der Waals surface area contributed by atoms with E-state index >= 15 is 0 Å². The molecule has 1 aliphatic heterocycles. The zero-order valence-corrected chi connectivity index (χ0v) is 15.1. The van der Waals surface area contributed by atoms with Crippen molar-refractivity contribution in [3.63, 3.8) is 0 Å². The third-order valence-electron chi connectivity index (χ3n) is 4.78. The molecule has 2 atom stereocenters. The van der Waals surface area contributed by atoms with Crippen LogP contribution in [0.2, 0.25) is 0 Å². The summed E-state index contributed by atoms with van der Waals surface area (Å²) < 4.78 is 5.26. The molecule has 1 saturated carbocycles. The van der Waals surface area contributed by atoms with E-state index in [0.29, 0.717) is 32.7 Å². The smallest absolute Gasteiger partial charge is 0.227 e. The van der Waals surface area contributed by atoms with Crippen LogP contribution in [0.4, 0.5) is 5.69 Å². The van der Waals surface area contributed by atoms with Crippen molar-refractivity contribution in [2.24, 2.45) is 11.7 Å². The van der Waals surface area contributed by atoms with Crippen LogP contribution < -0.4 is 11.1 Å². The Labute approximate surface area is 154 Å². The first-order valence-electron chi connectivity index (χ1n) is 8.63. The van der Waals surface area contributed by atoms with Crippen molar-refractivity contribution in [3.05, 3.63) is 29.8 Å². The minimum Gasteiger partial charge on any atom is -0.378 e. The number of morpholine rings is 1. The second-order valence-electron chi connectivity index (χ2n) is 6.63. The first-order chi connectivity index (χ1) is 11.6. The summed E-state index contributed by atoms with van der Waals surface area (Å²) >= 11 is 0. The number of hydrogen-bond donors (Lipinski definition) is 2. The van der Waals surface area contributed by atoms with Gasteiger partial charge in [0.15, 0.2) is 0 Å². The molecule has 1 heterocycles. The van der Waals surface area contributed by atoms with Crippen molar-refractivity contribution in [2.75, 3.05) is 31.6 Å². The minimum absolute atomic E-state index is 0. The Bertz CT molecular complexity index is 550. The zero-order chi connectivity index (χ0) is 16.9. The Hall–Kier alpha value is -1.63. The molecule has 138 valence electrons. The molecule has 0 aromatic heterocycles. The van der Waals surface area contributed by atoms with Crippen LogP contribution in [0, 0.1) is 5.92 Å². The van der Waals surface area contributed by atoms with Crippen molar-refractivity contribution in [2.45, 2.75) is 31.7 Å². The topological polar surface area (TPSA) is 84.7 Å². The second kappa shape index (κ2) is 9.17. The first kappa shape index (κ1) is 19.7. The van der Waals surface area contributed by atoms with E-state index in [1.165, 1.54) is 0 Å². The maximum Gasteiger partial charge on any atom is 0.227 e. The number of benzene rings is 1. The molecule has 0 radical (unpaired) electrons. The maximum absolute atomic E-state index is 12.2. The van der Waals surface area contributed by atoms with Crippen LogP contribution >= 0.6 is 12.4 Å². The fourth-order valence-corrected chi connectivity index (χ4v) is 3.30. The fraction of sp³-hybridized carbons (Fsp3) is 0.556. The summed E-state index contributed by atoms with van der Waals surface area (Å²) in [6, 6.07) is 7.65. The highest BCUT2D eigenvalue weighted by atomic mass is 35.5. The summed E-state index contributed by atoms with van der Waals surface area (Å²) in [5.41, 5.74) is 7.58. The predicted molar refractivity (Wildman–Crippen MR) is 98.7 cm³/mol. The number of anilines is 1. The number of ether oxygens (including phenoxy) is 1. The molecule has 1 aromatic rings. The standard InChI is InChI=1S/C18H25N3O3.ClH/c19-15-4-3-14(12-15)18(23)20-16-5-1-13(2-6-16)11-17(22)21-7-9-24-10-8-21;/h1-2,5-6,14-15H,3-4,7-12,19H2,(H,20,23);1H. The fourth-order valence-electron chi connectivity index (χ4n) is 3.30. The number of carbonyl (C=O) groups excluding carboxylic acids is 2. The molecule has 3 rings (SSSR count). The van der Waals surface area contributed by atoms with Gasteiger partial charge in [-0.05, 0) is 37.0 Å². The maximum atomic E-state index is 12.2. The Kier molecular flexibility index (Phi) is 7.23. The highest BCUT2D eigenvalue weighted by Gasteiger charge is 2.27. The van der Waals surface area contributed by atoms with Gasteiger partial charge < -0.3 is 20.7 Å². The van der Waals surface area contributed by atoms with E-state index < -0.39 is 0 Å². The van der Waals surface area contributed by atoms with Gasteiger partial charge in [0.05, 0.1) is 19.6 Å². The van der Waals surface area contributed by atoms with E-state index in [9.17, 15) is 9.59 Å². The number of amides is 2. The summed E-state index contributed by atoms with van der Waals surface area (Å²) in [6.45, 7) is 2.55. The van der Waals surface area contributed by atoms with Gasteiger partial charge in [-0.3, -0.25) is 9.59 Å². The van der Waals surface area contributed by atoms with Gasteiger partial charge in [0.2, 0.25) is 11.8 Å². The van der Waals surface area contributed by atoms with Crippen LogP contribution in [0.5, 0.6) is 0 Å². The lowest BCUT2D eigenvalue weighted by molar-refractivity contribution is -0.134. The average Bonchev–Trinajstić information content (AvgIpc) is 3.04. The van der Waals surface area contributed by atoms with Crippen LogP contribution in [0.3, 0.4) is 0 Å². The Morgan fingerprint density at radius 1 is 1.16 bits per heavy atom. The van der Waals surface area contributed by atoms with Gasteiger partial charge >= 0.3 is 0 Å². The molecular weight excluding hydrogens is 342 g/mol. The van der Waals surface area contributed by atoms with Gasteiger partial charge in [0.1, 0.15) is 0 Å². The van der Waals surface area contributed by atoms with Crippen molar-refractivity contribution in [3.8, 4) is 0 Å².